The average molecular weight is 311 g/mol. The highest BCUT2D eigenvalue weighted by atomic mass is 16.5. The van der Waals surface area contributed by atoms with Gasteiger partial charge in [-0.3, -0.25) is 4.79 Å². The number of ether oxygens (including phenoxy) is 1. The fraction of sp³-hybridized carbons (Fsp3) is 0.444. The van der Waals surface area contributed by atoms with E-state index < -0.39 is 0 Å². The minimum atomic E-state index is 0.0960. The van der Waals surface area contributed by atoms with E-state index in [1.165, 1.54) is 5.56 Å². The number of anilines is 1. The maximum absolute atomic E-state index is 12.0. The lowest BCUT2D eigenvalue weighted by atomic mass is 9.98. The van der Waals surface area contributed by atoms with Gasteiger partial charge in [0.15, 0.2) is 0 Å². The molecule has 1 saturated carbocycles. The van der Waals surface area contributed by atoms with Crippen molar-refractivity contribution in [3.8, 4) is 5.75 Å². The summed E-state index contributed by atoms with van der Waals surface area (Å²) in [4.78, 5) is 19.0. The minimum Gasteiger partial charge on any atom is -0.497 e. The fourth-order valence-electron chi connectivity index (χ4n) is 3.03. The van der Waals surface area contributed by atoms with Crippen molar-refractivity contribution in [3.05, 3.63) is 29.8 Å². The van der Waals surface area contributed by atoms with Gasteiger partial charge in [0, 0.05) is 30.6 Å². The molecule has 5 nitrogen and oxygen atoms in total. The number of amides is 1. The summed E-state index contributed by atoms with van der Waals surface area (Å²) < 4.78 is 5.29. The number of aryl methyl sites for hydroxylation is 1. The molecular weight excluding hydrogens is 290 g/mol. The molecule has 1 aliphatic carbocycles. The Morgan fingerprint density at radius 3 is 2.78 bits per heavy atom. The van der Waals surface area contributed by atoms with Crippen LogP contribution >= 0.6 is 0 Å². The van der Waals surface area contributed by atoms with Gasteiger partial charge in [-0.1, -0.05) is 0 Å². The Morgan fingerprint density at radius 2 is 2.09 bits per heavy atom. The van der Waals surface area contributed by atoms with Crippen LogP contribution in [0.25, 0.3) is 10.9 Å². The summed E-state index contributed by atoms with van der Waals surface area (Å²) in [5.41, 5.74) is 2.13. The Kier molecular flexibility index (Phi) is 3.36. The Hall–Kier alpha value is -2.30. The highest BCUT2D eigenvalue weighted by Gasteiger charge is 2.36. The first-order valence-electron chi connectivity index (χ1n) is 8.15. The van der Waals surface area contributed by atoms with Crippen LogP contribution in [-0.2, 0) is 4.79 Å². The number of aromatic nitrogens is 1. The van der Waals surface area contributed by atoms with Gasteiger partial charge in [-0.15, -0.1) is 0 Å². The molecule has 120 valence electrons. The third-order valence-electron chi connectivity index (χ3n) is 4.71. The Morgan fingerprint density at radius 1 is 1.30 bits per heavy atom. The van der Waals surface area contributed by atoms with Crippen LogP contribution in [0.15, 0.2) is 24.3 Å². The second-order valence-electron chi connectivity index (χ2n) is 6.57. The van der Waals surface area contributed by atoms with Crippen molar-refractivity contribution in [2.45, 2.75) is 25.8 Å². The smallest absolute Gasteiger partial charge is 0.226 e. The van der Waals surface area contributed by atoms with Gasteiger partial charge in [0.25, 0.3) is 0 Å². The maximum Gasteiger partial charge on any atom is 0.226 e. The normalized spacial score (nSPS) is 17.9. The number of hydrogen-bond acceptors (Lipinski definition) is 4. The molecule has 1 N–H and O–H groups in total. The molecule has 1 aromatic heterocycles. The molecule has 1 aliphatic heterocycles. The lowest BCUT2D eigenvalue weighted by molar-refractivity contribution is -0.125. The Bertz CT molecular complexity index is 764. The maximum atomic E-state index is 12.0. The summed E-state index contributed by atoms with van der Waals surface area (Å²) in [6.45, 7) is 3.60. The summed E-state index contributed by atoms with van der Waals surface area (Å²) in [6, 6.07) is 8.50. The third-order valence-corrected chi connectivity index (χ3v) is 4.71. The quantitative estimate of drug-likeness (QED) is 0.941. The fourth-order valence-corrected chi connectivity index (χ4v) is 3.03. The molecule has 4 rings (SSSR count). The van der Waals surface area contributed by atoms with Crippen LogP contribution in [-0.4, -0.2) is 37.1 Å². The molecular formula is C18H21N3O2. The summed E-state index contributed by atoms with van der Waals surface area (Å²) in [6.07, 6.45) is 2.27. The van der Waals surface area contributed by atoms with Crippen LogP contribution in [0.5, 0.6) is 5.75 Å². The molecule has 2 aromatic rings. The second kappa shape index (κ2) is 5.41. The van der Waals surface area contributed by atoms with Crippen molar-refractivity contribution < 1.29 is 9.53 Å². The lowest BCUT2D eigenvalue weighted by Gasteiger charge is -2.39. The summed E-state index contributed by atoms with van der Waals surface area (Å²) in [5.74, 6) is 2.05. The molecule has 0 unspecified atom stereocenters. The van der Waals surface area contributed by atoms with Crippen LogP contribution in [0.2, 0.25) is 0 Å². The monoisotopic (exact) mass is 311 g/mol. The number of methoxy groups -OCH3 is 1. The molecule has 5 heteroatoms. The van der Waals surface area contributed by atoms with Crippen molar-refractivity contribution in [2.24, 2.45) is 5.92 Å². The summed E-state index contributed by atoms with van der Waals surface area (Å²) in [7, 11) is 1.66. The number of nitrogens with zero attached hydrogens (tertiary/aromatic N) is 2. The number of hydrogen-bond donors (Lipinski definition) is 1. The van der Waals surface area contributed by atoms with E-state index in [4.69, 9.17) is 9.72 Å². The molecule has 2 fully saturated rings. The summed E-state index contributed by atoms with van der Waals surface area (Å²) >= 11 is 0. The van der Waals surface area contributed by atoms with Gasteiger partial charge in [0.1, 0.15) is 11.6 Å². The number of fused-ring (bicyclic) bond motifs is 1. The number of carbonyl (C=O) groups excluding carboxylic acids is 1. The molecule has 2 heterocycles. The van der Waals surface area contributed by atoms with E-state index in [-0.39, 0.29) is 11.8 Å². The van der Waals surface area contributed by atoms with Gasteiger partial charge in [0.05, 0.1) is 18.5 Å². The first-order valence-corrected chi connectivity index (χ1v) is 8.15. The van der Waals surface area contributed by atoms with Gasteiger partial charge in [0.2, 0.25) is 5.91 Å². The molecule has 0 atom stereocenters. The average Bonchev–Trinajstić information content (AvgIpc) is 3.29. The molecule has 1 amide bonds. The van der Waals surface area contributed by atoms with Crippen molar-refractivity contribution in [2.75, 3.05) is 25.1 Å². The van der Waals surface area contributed by atoms with Crippen LogP contribution < -0.4 is 15.0 Å². The molecule has 23 heavy (non-hydrogen) atoms. The van der Waals surface area contributed by atoms with Crippen molar-refractivity contribution in [1.82, 2.24) is 10.3 Å². The predicted molar refractivity (Wildman–Crippen MR) is 89.9 cm³/mol. The van der Waals surface area contributed by atoms with E-state index in [0.29, 0.717) is 6.04 Å². The van der Waals surface area contributed by atoms with E-state index in [0.717, 1.165) is 48.4 Å². The summed E-state index contributed by atoms with van der Waals surface area (Å²) in [5, 5.41) is 4.22. The highest BCUT2D eigenvalue weighted by Crippen LogP contribution is 2.30. The van der Waals surface area contributed by atoms with Crippen LogP contribution in [0.4, 0.5) is 5.82 Å². The highest BCUT2D eigenvalue weighted by molar-refractivity contribution is 5.86. The topological polar surface area (TPSA) is 54.5 Å². The zero-order valence-electron chi connectivity index (χ0n) is 13.5. The van der Waals surface area contributed by atoms with Gasteiger partial charge < -0.3 is 15.0 Å². The molecule has 1 saturated heterocycles. The molecule has 0 bridgehead atoms. The molecule has 0 spiro atoms. The number of nitrogens with one attached hydrogen (secondary N) is 1. The number of benzene rings is 1. The molecule has 1 aromatic carbocycles. The first kappa shape index (κ1) is 14.3. The number of pyridine rings is 1. The van der Waals surface area contributed by atoms with Gasteiger partial charge in [-0.2, -0.15) is 0 Å². The Balaban J connectivity index is 1.52. The minimum absolute atomic E-state index is 0.0960. The number of carbonyl (C=O) groups is 1. The van der Waals surface area contributed by atoms with Crippen molar-refractivity contribution >= 4 is 22.6 Å². The predicted octanol–water partition coefficient (Wildman–Crippen LogP) is 2.27. The van der Waals surface area contributed by atoms with E-state index >= 15 is 0 Å². The van der Waals surface area contributed by atoms with Crippen LogP contribution in [0.3, 0.4) is 0 Å². The van der Waals surface area contributed by atoms with Gasteiger partial charge >= 0.3 is 0 Å². The number of rotatable bonds is 4. The second-order valence-corrected chi connectivity index (χ2v) is 6.57. The third kappa shape index (κ3) is 2.71. The van der Waals surface area contributed by atoms with E-state index in [1.807, 2.05) is 18.2 Å². The zero-order chi connectivity index (χ0) is 16.0. The van der Waals surface area contributed by atoms with Gasteiger partial charge in [-0.25, -0.2) is 4.98 Å². The van der Waals surface area contributed by atoms with Crippen LogP contribution in [0, 0.1) is 12.8 Å². The van der Waals surface area contributed by atoms with Crippen LogP contribution in [0.1, 0.15) is 18.4 Å². The van der Waals surface area contributed by atoms with E-state index in [1.54, 1.807) is 7.11 Å². The zero-order valence-corrected chi connectivity index (χ0v) is 13.5. The SMILES string of the molecule is COc1ccc2c(C)cc(N3CC(C(=O)NC4CC4)C3)nc2c1. The van der Waals surface area contributed by atoms with Crippen molar-refractivity contribution in [3.63, 3.8) is 0 Å². The van der Waals surface area contributed by atoms with E-state index in [9.17, 15) is 4.79 Å². The largest absolute Gasteiger partial charge is 0.497 e. The molecule has 2 aliphatic rings. The molecule has 0 radical (unpaired) electrons. The Labute approximate surface area is 135 Å². The van der Waals surface area contributed by atoms with E-state index in [2.05, 4.69) is 23.2 Å². The van der Waals surface area contributed by atoms with Gasteiger partial charge in [-0.05, 0) is 43.5 Å². The van der Waals surface area contributed by atoms with Crippen molar-refractivity contribution in [1.29, 1.82) is 0 Å². The lowest BCUT2D eigenvalue weighted by Crippen LogP contribution is -2.54. The standard InChI is InChI=1S/C18H21N3O2/c1-11-7-17(20-16-8-14(23-2)5-6-15(11)16)21-9-12(10-21)18(22)19-13-3-4-13/h5-8,12-13H,3-4,9-10H2,1-2H3,(H,19,22). The first-order chi connectivity index (χ1) is 11.1.